The number of nitrogens with zero attached hydrogens (tertiary/aromatic N) is 1. The quantitative estimate of drug-likeness (QED) is 0.772. The zero-order chi connectivity index (χ0) is 19.4. The van der Waals surface area contributed by atoms with E-state index in [1.165, 1.54) is 6.92 Å². The Morgan fingerprint density at radius 1 is 1.07 bits per heavy atom. The number of para-hydroxylation sites is 1. The SMILES string of the molecule is CC(=O)c1ccc(NCC(=O)N(c2ccccc2)C2CCS(=O)(=O)C2)cc1. The molecule has 6 nitrogen and oxygen atoms in total. The molecule has 0 aromatic heterocycles. The van der Waals surface area contributed by atoms with Gasteiger partial charge >= 0.3 is 0 Å². The van der Waals surface area contributed by atoms with Gasteiger partial charge in [-0.05, 0) is 49.7 Å². The number of anilines is 2. The molecule has 0 radical (unpaired) electrons. The molecule has 3 rings (SSSR count). The third-order valence-electron chi connectivity index (χ3n) is 4.61. The minimum Gasteiger partial charge on any atom is -0.376 e. The minimum absolute atomic E-state index is 0.0130. The van der Waals surface area contributed by atoms with Gasteiger partial charge in [0.15, 0.2) is 15.6 Å². The third kappa shape index (κ3) is 4.74. The zero-order valence-electron chi connectivity index (χ0n) is 15.1. The summed E-state index contributed by atoms with van der Waals surface area (Å²) in [6.45, 7) is 1.53. The Morgan fingerprint density at radius 2 is 1.74 bits per heavy atom. The second-order valence-electron chi connectivity index (χ2n) is 6.64. The van der Waals surface area contributed by atoms with E-state index in [-0.39, 0.29) is 35.8 Å². The van der Waals surface area contributed by atoms with Crippen molar-refractivity contribution in [3.05, 3.63) is 60.2 Å². The van der Waals surface area contributed by atoms with Crippen molar-refractivity contribution in [1.29, 1.82) is 0 Å². The first-order chi connectivity index (χ1) is 12.9. The lowest BCUT2D eigenvalue weighted by Gasteiger charge is -2.28. The van der Waals surface area contributed by atoms with E-state index in [1.807, 2.05) is 30.3 Å². The van der Waals surface area contributed by atoms with Crippen molar-refractivity contribution in [3.63, 3.8) is 0 Å². The first-order valence-corrected chi connectivity index (χ1v) is 10.6. The van der Waals surface area contributed by atoms with Crippen molar-refractivity contribution in [1.82, 2.24) is 0 Å². The number of carbonyl (C=O) groups excluding carboxylic acids is 2. The van der Waals surface area contributed by atoms with Crippen LogP contribution >= 0.6 is 0 Å². The fourth-order valence-electron chi connectivity index (χ4n) is 3.21. The molecule has 1 aliphatic rings. The van der Waals surface area contributed by atoms with Crippen LogP contribution in [-0.4, -0.2) is 44.2 Å². The number of benzene rings is 2. The summed E-state index contributed by atoms with van der Waals surface area (Å²) in [7, 11) is -3.11. The summed E-state index contributed by atoms with van der Waals surface area (Å²) in [5, 5.41) is 3.05. The molecule has 0 spiro atoms. The van der Waals surface area contributed by atoms with E-state index in [1.54, 1.807) is 29.2 Å². The highest BCUT2D eigenvalue weighted by molar-refractivity contribution is 7.91. The molecule has 27 heavy (non-hydrogen) atoms. The van der Waals surface area contributed by atoms with Gasteiger partial charge in [-0.1, -0.05) is 18.2 Å². The van der Waals surface area contributed by atoms with Crippen molar-refractivity contribution in [2.24, 2.45) is 0 Å². The van der Waals surface area contributed by atoms with E-state index in [4.69, 9.17) is 0 Å². The molecule has 1 fully saturated rings. The Kier molecular flexibility index (Phi) is 5.60. The van der Waals surface area contributed by atoms with E-state index < -0.39 is 9.84 Å². The average Bonchev–Trinajstić information content (AvgIpc) is 3.00. The van der Waals surface area contributed by atoms with Gasteiger partial charge in [0.1, 0.15) is 0 Å². The molecule has 2 aromatic carbocycles. The van der Waals surface area contributed by atoms with Crippen molar-refractivity contribution >= 4 is 32.9 Å². The second-order valence-corrected chi connectivity index (χ2v) is 8.87. The van der Waals surface area contributed by atoms with Gasteiger partial charge in [-0.15, -0.1) is 0 Å². The third-order valence-corrected chi connectivity index (χ3v) is 6.36. The maximum atomic E-state index is 12.9. The van der Waals surface area contributed by atoms with Crippen molar-refractivity contribution in [2.45, 2.75) is 19.4 Å². The molecule has 1 heterocycles. The van der Waals surface area contributed by atoms with Crippen molar-refractivity contribution < 1.29 is 18.0 Å². The summed E-state index contributed by atoms with van der Waals surface area (Å²) < 4.78 is 23.8. The molecule has 0 bridgehead atoms. The predicted molar refractivity (Wildman–Crippen MR) is 106 cm³/mol. The Hall–Kier alpha value is -2.67. The summed E-state index contributed by atoms with van der Waals surface area (Å²) in [4.78, 5) is 25.8. The standard InChI is InChI=1S/C20H22N2O4S/c1-15(23)16-7-9-17(10-8-16)21-13-20(24)22(18-5-3-2-4-6-18)19-11-12-27(25,26)14-19/h2-10,19,21H,11-14H2,1H3. The van der Waals surface area contributed by atoms with Gasteiger partial charge < -0.3 is 10.2 Å². The molecule has 1 aliphatic heterocycles. The highest BCUT2D eigenvalue weighted by Crippen LogP contribution is 2.24. The normalized spacial score (nSPS) is 18.0. The summed E-state index contributed by atoms with van der Waals surface area (Å²) >= 11 is 0. The van der Waals surface area contributed by atoms with Gasteiger partial charge in [0, 0.05) is 16.9 Å². The summed E-state index contributed by atoms with van der Waals surface area (Å²) in [6, 6.07) is 15.7. The summed E-state index contributed by atoms with van der Waals surface area (Å²) in [6.07, 6.45) is 0.441. The molecule has 1 saturated heterocycles. The van der Waals surface area contributed by atoms with E-state index >= 15 is 0 Å². The second kappa shape index (κ2) is 7.92. The predicted octanol–water partition coefficient (Wildman–Crippen LogP) is 2.52. The molecule has 1 N–H and O–H groups in total. The number of carbonyl (C=O) groups is 2. The number of Topliss-reactive ketones (excluding diaryl/α,β-unsaturated/α-hetero) is 1. The molecule has 1 amide bonds. The van der Waals surface area contributed by atoms with Crippen LogP contribution in [-0.2, 0) is 14.6 Å². The van der Waals surface area contributed by atoms with Gasteiger partial charge in [-0.2, -0.15) is 0 Å². The Bertz CT molecular complexity index is 924. The minimum atomic E-state index is -3.11. The molecule has 0 aliphatic carbocycles. The molecule has 2 aromatic rings. The molecular weight excluding hydrogens is 364 g/mol. The van der Waals surface area contributed by atoms with Crippen LogP contribution in [0.25, 0.3) is 0 Å². The lowest BCUT2D eigenvalue weighted by molar-refractivity contribution is -0.117. The number of hydrogen-bond donors (Lipinski definition) is 1. The Morgan fingerprint density at radius 3 is 2.30 bits per heavy atom. The largest absolute Gasteiger partial charge is 0.376 e. The molecule has 1 unspecified atom stereocenters. The number of rotatable bonds is 6. The van der Waals surface area contributed by atoms with E-state index in [0.717, 1.165) is 5.69 Å². The van der Waals surface area contributed by atoms with Crippen LogP contribution in [0.5, 0.6) is 0 Å². The number of ketones is 1. The smallest absolute Gasteiger partial charge is 0.246 e. The van der Waals surface area contributed by atoms with E-state index in [2.05, 4.69) is 5.32 Å². The zero-order valence-corrected chi connectivity index (χ0v) is 15.9. The summed E-state index contributed by atoms with van der Waals surface area (Å²) in [5.74, 6) is -0.121. The van der Waals surface area contributed by atoms with Gasteiger partial charge in [0.05, 0.1) is 24.1 Å². The topological polar surface area (TPSA) is 83.6 Å². The fourth-order valence-corrected chi connectivity index (χ4v) is 4.91. The first kappa shape index (κ1) is 19.1. The molecule has 7 heteroatoms. The monoisotopic (exact) mass is 386 g/mol. The van der Waals surface area contributed by atoms with Crippen molar-refractivity contribution in [3.8, 4) is 0 Å². The molecule has 0 saturated carbocycles. The van der Waals surface area contributed by atoms with Gasteiger partial charge in [-0.3, -0.25) is 9.59 Å². The highest BCUT2D eigenvalue weighted by Gasteiger charge is 2.35. The molecule has 142 valence electrons. The van der Waals surface area contributed by atoms with Crippen LogP contribution in [0.2, 0.25) is 0 Å². The number of hydrogen-bond acceptors (Lipinski definition) is 5. The highest BCUT2D eigenvalue weighted by atomic mass is 32.2. The maximum Gasteiger partial charge on any atom is 0.246 e. The number of nitrogens with one attached hydrogen (secondary N) is 1. The van der Waals surface area contributed by atoms with Crippen LogP contribution in [0.4, 0.5) is 11.4 Å². The summed E-state index contributed by atoms with van der Waals surface area (Å²) in [5.41, 5.74) is 2.02. The average molecular weight is 386 g/mol. The maximum absolute atomic E-state index is 12.9. The fraction of sp³-hybridized carbons (Fsp3) is 0.300. The Labute approximate surface area is 159 Å². The van der Waals surface area contributed by atoms with E-state index in [9.17, 15) is 18.0 Å². The van der Waals surface area contributed by atoms with Crippen molar-refractivity contribution in [2.75, 3.05) is 28.3 Å². The lowest BCUT2D eigenvalue weighted by Crippen LogP contribution is -2.44. The van der Waals surface area contributed by atoms with Crippen LogP contribution < -0.4 is 10.2 Å². The first-order valence-electron chi connectivity index (χ1n) is 8.78. The molecular formula is C20H22N2O4S. The van der Waals surface area contributed by atoms with E-state index in [0.29, 0.717) is 17.7 Å². The van der Waals surface area contributed by atoms with Gasteiger partial charge in [-0.25, -0.2) is 8.42 Å². The van der Waals surface area contributed by atoms with Crippen LogP contribution in [0.15, 0.2) is 54.6 Å². The van der Waals surface area contributed by atoms with Crippen LogP contribution in [0.3, 0.4) is 0 Å². The molecule has 1 atom stereocenters. The lowest BCUT2D eigenvalue weighted by atomic mass is 10.1. The number of sulfone groups is 1. The van der Waals surface area contributed by atoms with Gasteiger partial charge in [0.25, 0.3) is 0 Å². The number of amides is 1. The van der Waals surface area contributed by atoms with Gasteiger partial charge in [0.2, 0.25) is 5.91 Å². The van der Waals surface area contributed by atoms with Crippen LogP contribution in [0, 0.1) is 0 Å². The van der Waals surface area contributed by atoms with Crippen LogP contribution in [0.1, 0.15) is 23.7 Å². The Balaban J connectivity index is 1.74.